The molecule has 2 N–H and O–H groups in total. The van der Waals surface area contributed by atoms with Gasteiger partial charge >= 0.3 is 0 Å². The van der Waals surface area contributed by atoms with Crippen molar-refractivity contribution in [3.8, 4) is 5.88 Å². The van der Waals surface area contributed by atoms with Crippen molar-refractivity contribution >= 4 is 5.82 Å². The Balaban J connectivity index is 2.02. The Labute approximate surface area is 91.9 Å². The maximum absolute atomic E-state index is 13.2. The third-order valence-electron chi connectivity index (χ3n) is 1.99. The molecule has 4 nitrogen and oxygen atoms in total. The Bertz CT molecular complexity index is 473. The number of hydrogen-bond donors (Lipinski definition) is 1. The number of aromatic nitrogens is 2. The zero-order valence-electron chi connectivity index (χ0n) is 8.43. The van der Waals surface area contributed by atoms with Gasteiger partial charge in [-0.25, -0.2) is 4.39 Å². The van der Waals surface area contributed by atoms with Crippen molar-refractivity contribution in [2.75, 3.05) is 5.73 Å². The van der Waals surface area contributed by atoms with Gasteiger partial charge < -0.3 is 10.5 Å². The number of nitrogens with two attached hydrogens (primary N) is 1. The number of halogens is 1. The number of rotatable bonds is 3. The van der Waals surface area contributed by atoms with Gasteiger partial charge in [0.05, 0.1) is 0 Å². The molecule has 0 radical (unpaired) electrons. The Kier molecular flexibility index (Phi) is 2.95. The molecule has 0 atom stereocenters. The molecule has 1 aromatic heterocycles. The second-order valence-corrected chi connectivity index (χ2v) is 3.18. The van der Waals surface area contributed by atoms with E-state index in [2.05, 4.69) is 10.2 Å². The molecule has 0 aliphatic heterocycles. The standard InChI is InChI=1S/C11H10FN3O/c12-9-4-2-1-3-8(9)7-16-11-6-5-10(13)14-15-11/h1-6H,7H2,(H2,13,14). The van der Waals surface area contributed by atoms with Gasteiger partial charge in [-0.1, -0.05) is 18.2 Å². The van der Waals surface area contributed by atoms with E-state index in [4.69, 9.17) is 10.5 Å². The summed E-state index contributed by atoms with van der Waals surface area (Å²) in [4.78, 5) is 0. The summed E-state index contributed by atoms with van der Waals surface area (Å²) in [6.07, 6.45) is 0. The molecular formula is C11H10FN3O. The zero-order valence-corrected chi connectivity index (χ0v) is 8.43. The summed E-state index contributed by atoms with van der Waals surface area (Å²) in [5.74, 6) is 0.335. The fourth-order valence-electron chi connectivity index (χ4n) is 1.17. The average molecular weight is 219 g/mol. The van der Waals surface area contributed by atoms with Crippen molar-refractivity contribution in [1.29, 1.82) is 0 Å². The smallest absolute Gasteiger partial charge is 0.233 e. The van der Waals surface area contributed by atoms with Gasteiger partial charge in [0.2, 0.25) is 5.88 Å². The predicted molar refractivity (Wildman–Crippen MR) is 57.2 cm³/mol. The molecule has 82 valence electrons. The van der Waals surface area contributed by atoms with E-state index in [0.29, 0.717) is 17.3 Å². The van der Waals surface area contributed by atoms with Crippen molar-refractivity contribution in [2.45, 2.75) is 6.61 Å². The number of ether oxygens (including phenoxy) is 1. The average Bonchev–Trinajstić information content (AvgIpc) is 2.30. The van der Waals surface area contributed by atoms with E-state index in [-0.39, 0.29) is 12.4 Å². The summed E-state index contributed by atoms with van der Waals surface area (Å²) in [6, 6.07) is 9.57. The molecule has 1 aromatic carbocycles. The number of hydrogen-bond acceptors (Lipinski definition) is 4. The van der Waals surface area contributed by atoms with E-state index < -0.39 is 0 Å². The van der Waals surface area contributed by atoms with Gasteiger partial charge in [0.25, 0.3) is 0 Å². The molecule has 0 unspecified atom stereocenters. The fourth-order valence-corrected chi connectivity index (χ4v) is 1.17. The van der Waals surface area contributed by atoms with Crippen LogP contribution in [0, 0.1) is 5.82 Å². The zero-order chi connectivity index (χ0) is 11.4. The maximum Gasteiger partial charge on any atom is 0.233 e. The predicted octanol–water partition coefficient (Wildman–Crippen LogP) is 1.78. The van der Waals surface area contributed by atoms with Crippen LogP contribution in [0.5, 0.6) is 5.88 Å². The Hall–Kier alpha value is -2.17. The van der Waals surface area contributed by atoms with Gasteiger partial charge in [0, 0.05) is 11.6 Å². The molecule has 16 heavy (non-hydrogen) atoms. The minimum atomic E-state index is -0.300. The lowest BCUT2D eigenvalue weighted by molar-refractivity contribution is 0.285. The molecule has 0 spiro atoms. The molecule has 0 aliphatic rings. The van der Waals surface area contributed by atoms with Crippen LogP contribution in [0.15, 0.2) is 36.4 Å². The largest absolute Gasteiger partial charge is 0.472 e. The molecule has 0 amide bonds. The first-order valence-electron chi connectivity index (χ1n) is 4.71. The van der Waals surface area contributed by atoms with Crippen LogP contribution in [-0.4, -0.2) is 10.2 Å². The molecule has 5 heteroatoms. The molecule has 2 aromatic rings. The summed E-state index contributed by atoms with van der Waals surface area (Å²) >= 11 is 0. The monoisotopic (exact) mass is 219 g/mol. The van der Waals surface area contributed by atoms with Crippen LogP contribution < -0.4 is 10.5 Å². The van der Waals surface area contributed by atoms with Crippen LogP contribution >= 0.6 is 0 Å². The first kappa shape index (κ1) is 10.4. The third kappa shape index (κ3) is 2.44. The van der Waals surface area contributed by atoms with E-state index in [1.54, 1.807) is 30.3 Å². The minimum Gasteiger partial charge on any atom is -0.472 e. The van der Waals surface area contributed by atoms with Crippen LogP contribution in [-0.2, 0) is 6.61 Å². The van der Waals surface area contributed by atoms with Crippen LogP contribution in [0.1, 0.15) is 5.56 Å². The highest BCUT2D eigenvalue weighted by Crippen LogP contribution is 2.11. The first-order chi connectivity index (χ1) is 7.75. The lowest BCUT2D eigenvalue weighted by atomic mass is 10.2. The van der Waals surface area contributed by atoms with Crippen LogP contribution in [0.2, 0.25) is 0 Å². The highest BCUT2D eigenvalue weighted by atomic mass is 19.1. The number of anilines is 1. The highest BCUT2D eigenvalue weighted by Gasteiger charge is 2.02. The van der Waals surface area contributed by atoms with Crippen LogP contribution in [0.4, 0.5) is 10.2 Å². The topological polar surface area (TPSA) is 61.0 Å². The second kappa shape index (κ2) is 4.57. The van der Waals surface area contributed by atoms with Crippen LogP contribution in [0.25, 0.3) is 0 Å². The molecule has 0 saturated heterocycles. The SMILES string of the molecule is Nc1ccc(OCc2ccccc2F)nn1. The van der Waals surface area contributed by atoms with Gasteiger partial charge in [-0.3, -0.25) is 0 Å². The molecule has 0 aliphatic carbocycles. The first-order valence-corrected chi connectivity index (χ1v) is 4.71. The molecule has 0 fully saturated rings. The number of benzene rings is 1. The van der Waals surface area contributed by atoms with Crippen molar-refractivity contribution in [3.63, 3.8) is 0 Å². The van der Waals surface area contributed by atoms with Gasteiger partial charge in [0.1, 0.15) is 18.2 Å². The van der Waals surface area contributed by atoms with E-state index in [0.717, 1.165) is 0 Å². The summed E-state index contributed by atoms with van der Waals surface area (Å²) in [5.41, 5.74) is 5.84. The minimum absolute atomic E-state index is 0.116. The Morgan fingerprint density at radius 1 is 1.12 bits per heavy atom. The van der Waals surface area contributed by atoms with Gasteiger partial charge in [-0.15, -0.1) is 10.2 Å². The summed E-state index contributed by atoms with van der Waals surface area (Å²) in [6.45, 7) is 0.116. The highest BCUT2D eigenvalue weighted by molar-refractivity contribution is 5.27. The number of nitrogens with zero attached hydrogens (tertiary/aromatic N) is 2. The molecule has 2 rings (SSSR count). The molecule has 0 bridgehead atoms. The van der Waals surface area contributed by atoms with E-state index >= 15 is 0 Å². The number of nitrogen functional groups attached to an aromatic ring is 1. The van der Waals surface area contributed by atoms with Gasteiger partial charge in [-0.2, -0.15) is 0 Å². The van der Waals surface area contributed by atoms with Crippen molar-refractivity contribution in [2.24, 2.45) is 0 Å². The van der Waals surface area contributed by atoms with Crippen molar-refractivity contribution in [1.82, 2.24) is 10.2 Å². The van der Waals surface area contributed by atoms with E-state index in [1.165, 1.54) is 6.07 Å². The van der Waals surface area contributed by atoms with E-state index in [9.17, 15) is 4.39 Å². The lowest BCUT2D eigenvalue weighted by Gasteiger charge is -2.05. The normalized spacial score (nSPS) is 10.1. The van der Waals surface area contributed by atoms with Crippen molar-refractivity contribution in [3.05, 3.63) is 47.8 Å². The van der Waals surface area contributed by atoms with Gasteiger partial charge in [0.15, 0.2) is 0 Å². The summed E-state index contributed by atoms with van der Waals surface area (Å²) in [5, 5.41) is 7.33. The van der Waals surface area contributed by atoms with Crippen molar-refractivity contribution < 1.29 is 9.13 Å². The molecular weight excluding hydrogens is 209 g/mol. The van der Waals surface area contributed by atoms with Crippen LogP contribution in [0.3, 0.4) is 0 Å². The molecule has 0 saturated carbocycles. The van der Waals surface area contributed by atoms with Gasteiger partial charge in [-0.05, 0) is 12.1 Å². The fraction of sp³-hybridized carbons (Fsp3) is 0.0909. The quantitative estimate of drug-likeness (QED) is 0.854. The second-order valence-electron chi connectivity index (χ2n) is 3.18. The Morgan fingerprint density at radius 3 is 2.62 bits per heavy atom. The maximum atomic E-state index is 13.2. The Morgan fingerprint density at radius 2 is 1.94 bits per heavy atom. The summed E-state index contributed by atoms with van der Waals surface area (Å²) in [7, 11) is 0. The third-order valence-corrected chi connectivity index (χ3v) is 1.99. The summed E-state index contributed by atoms with van der Waals surface area (Å²) < 4.78 is 18.5. The lowest BCUT2D eigenvalue weighted by Crippen LogP contribution is -2.01. The molecule has 1 heterocycles. The van der Waals surface area contributed by atoms with E-state index in [1.807, 2.05) is 0 Å².